The first kappa shape index (κ1) is 18.2. The van der Waals surface area contributed by atoms with E-state index in [0.29, 0.717) is 0 Å². The number of benzene rings is 4. The number of rotatable bonds is 4. The molecule has 142 valence electrons. The normalized spacial score (nSPS) is 13.1. The average Bonchev–Trinajstić information content (AvgIpc) is 3.26. The molecule has 1 aromatic heterocycles. The molecule has 5 aromatic rings. The molecule has 0 spiro atoms. The first-order valence-electron chi connectivity index (χ1n) is 9.61. The van der Waals surface area contributed by atoms with Crippen LogP contribution in [0.25, 0.3) is 11.0 Å². The van der Waals surface area contributed by atoms with Crippen molar-refractivity contribution in [2.75, 3.05) is 0 Å². The van der Waals surface area contributed by atoms with Crippen LogP contribution in [-0.2, 0) is 0 Å². The number of furan rings is 1. The van der Waals surface area contributed by atoms with E-state index in [1.54, 1.807) is 0 Å². The number of fused-ring (bicyclic) bond motifs is 1. The summed E-state index contributed by atoms with van der Waals surface area (Å²) in [6.45, 7) is 0. The average molecular weight is 415 g/mol. The summed E-state index contributed by atoms with van der Waals surface area (Å²) >= 11 is 8.11. The van der Waals surface area contributed by atoms with Crippen molar-refractivity contribution >= 4 is 49.6 Å². The zero-order valence-corrected chi connectivity index (χ0v) is 17.4. The van der Waals surface area contributed by atoms with Crippen LogP contribution in [-0.4, -0.2) is 0 Å². The van der Waals surface area contributed by atoms with E-state index in [1.807, 2.05) is 72.8 Å². The fraction of sp³-hybridized carbons (Fsp3) is 0. The van der Waals surface area contributed by atoms with Crippen LogP contribution in [0, 0.1) is 0 Å². The molecule has 3 heteroatoms. The van der Waals surface area contributed by atoms with Gasteiger partial charge in [-0.25, -0.2) is 0 Å². The van der Waals surface area contributed by atoms with Crippen molar-refractivity contribution in [3.8, 4) is 0 Å². The summed E-state index contributed by atoms with van der Waals surface area (Å²) in [4.78, 5) is 0. The number of hydrogen-bond donors (Lipinski definition) is 0. The molecule has 1 nitrogen and oxygen atoms in total. The Morgan fingerprint density at radius 2 is 0.931 bits per heavy atom. The van der Waals surface area contributed by atoms with Crippen LogP contribution < -0.4 is 21.4 Å². The fourth-order valence-electron chi connectivity index (χ4n) is 4.13. The number of halogens is 1. The van der Waals surface area contributed by atoms with Gasteiger partial charge in [-0.15, -0.1) is 0 Å². The Labute approximate surface area is 175 Å². The monoisotopic (exact) mass is 414 g/mol. The maximum absolute atomic E-state index is 8.11. The van der Waals surface area contributed by atoms with Gasteiger partial charge in [0.2, 0.25) is 0 Å². The van der Waals surface area contributed by atoms with Gasteiger partial charge in [-0.3, -0.25) is 0 Å². The zero-order valence-electron chi connectivity index (χ0n) is 15.8. The molecule has 0 fully saturated rings. The van der Waals surface area contributed by atoms with Crippen molar-refractivity contribution in [2.24, 2.45) is 0 Å². The van der Waals surface area contributed by atoms with E-state index in [2.05, 4.69) is 48.5 Å². The molecule has 5 rings (SSSR count). The van der Waals surface area contributed by atoms with Gasteiger partial charge >= 0.3 is 175 Å². The van der Waals surface area contributed by atoms with Gasteiger partial charge in [0.15, 0.2) is 0 Å². The molecule has 0 amide bonds. The van der Waals surface area contributed by atoms with E-state index in [0.717, 1.165) is 32.4 Å². The number of para-hydroxylation sites is 1. The van der Waals surface area contributed by atoms with Crippen molar-refractivity contribution < 1.29 is 4.42 Å². The molecule has 0 aliphatic rings. The summed E-state index contributed by atoms with van der Waals surface area (Å²) in [5.74, 6) is -3.60. The van der Waals surface area contributed by atoms with E-state index in [9.17, 15) is 0 Å². The molecular weight excluding hydrogens is 395 g/mol. The second-order valence-electron chi connectivity index (χ2n) is 7.14. The van der Waals surface area contributed by atoms with Gasteiger partial charge in [0.1, 0.15) is 0 Å². The molecule has 0 radical (unpaired) electrons. The minimum atomic E-state index is -3.60. The Kier molecular flexibility index (Phi) is 4.32. The van der Waals surface area contributed by atoms with Crippen LogP contribution in [0.1, 0.15) is 0 Å². The summed E-state index contributed by atoms with van der Waals surface area (Å²) < 4.78 is 6.53. The van der Waals surface area contributed by atoms with Crippen LogP contribution in [0.3, 0.4) is 0 Å². The van der Waals surface area contributed by atoms with Crippen molar-refractivity contribution in [2.45, 2.75) is 0 Å². The molecule has 0 aliphatic carbocycles. The van der Waals surface area contributed by atoms with Gasteiger partial charge in [0, 0.05) is 0 Å². The molecule has 0 atom stereocenters. The van der Waals surface area contributed by atoms with Crippen molar-refractivity contribution in [1.29, 1.82) is 0 Å². The van der Waals surface area contributed by atoms with E-state index >= 15 is 0 Å². The molecule has 0 saturated carbocycles. The third kappa shape index (κ3) is 2.59. The SMILES string of the molecule is ClP(c1ccccc1)(c1ccccc1)(c1ccccc1)c1cc2ccccc2o1. The molecule has 0 unspecified atom stereocenters. The second-order valence-corrected chi connectivity index (χ2v) is 13.2. The molecule has 1 heterocycles. The fourth-order valence-corrected chi connectivity index (χ4v) is 9.90. The topological polar surface area (TPSA) is 13.1 Å². The van der Waals surface area contributed by atoms with Crippen LogP contribution >= 0.6 is 17.2 Å². The van der Waals surface area contributed by atoms with Gasteiger partial charge in [-0.05, 0) is 0 Å². The van der Waals surface area contributed by atoms with E-state index in [4.69, 9.17) is 15.7 Å². The minimum absolute atomic E-state index is 0.808. The van der Waals surface area contributed by atoms with Gasteiger partial charge in [-0.2, -0.15) is 0 Å². The predicted octanol–water partition coefficient (Wildman–Crippen LogP) is 5.74. The second kappa shape index (κ2) is 6.88. The standard InChI is InChI=1S/C26H20ClOP/c27-29(22-13-4-1-5-14-22,23-15-6-2-7-16-23,24-17-8-3-9-18-24)26-20-21-12-10-11-19-25(21)28-26/h1-20H. The first-order chi connectivity index (χ1) is 14.2. The van der Waals surface area contributed by atoms with Gasteiger partial charge in [-0.1, -0.05) is 0 Å². The van der Waals surface area contributed by atoms with Crippen LogP contribution in [0.4, 0.5) is 0 Å². The quantitative estimate of drug-likeness (QED) is 0.342. The molecular formula is C26H20ClOP. The molecule has 0 saturated heterocycles. The summed E-state index contributed by atoms with van der Waals surface area (Å²) in [7, 11) is 0. The number of hydrogen-bond acceptors (Lipinski definition) is 1. The summed E-state index contributed by atoms with van der Waals surface area (Å²) in [6.07, 6.45) is 0. The van der Waals surface area contributed by atoms with Gasteiger partial charge in [0.25, 0.3) is 0 Å². The summed E-state index contributed by atoms with van der Waals surface area (Å²) in [5.41, 5.74) is 1.66. The van der Waals surface area contributed by atoms with Gasteiger partial charge < -0.3 is 0 Å². The van der Waals surface area contributed by atoms with E-state index < -0.39 is 5.96 Å². The molecule has 0 bridgehead atoms. The molecule has 0 N–H and O–H groups in total. The van der Waals surface area contributed by atoms with Crippen LogP contribution in [0.5, 0.6) is 0 Å². The van der Waals surface area contributed by atoms with Crippen molar-refractivity contribution in [3.05, 3.63) is 121 Å². The van der Waals surface area contributed by atoms with Gasteiger partial charge in [0.05, 0.1) is 0 Å². The third-order valence-electron chi connectivity index (χ3n) is 5.55. The van der Waals surface area contributed by atoms with Crippen molar-refractivity contribution in [3.63, 3.8) is 0 Å². The van der Waals surface area contributed by atoms with Crippen LogP contribution in [0.15, 0.2) is 126 Å². The van der Waals surface area contributed by atoms with Crippen LogP contribution in [0.2, 0.25) is 0 Å². The molecule has 4 aromatic carbocycles. The van der Waals surface area contributed by atoms with E-state index in [1.165, 1.54) is 0 Å². The Bertz CT molecular complexity index is 1130. The Balaban J connectivity index is 2.00. The first-order valence-corrected chi connectivity index (χ1v) is 12.7. The maximum atomic E-state index is 8.11. The summed E-state index contributed by atoms with van der Waals surface area (Å²) in [5, 5.41) is 4.25. The summed E-state index contributed by atoms with van der Waals surface area (Å²) in [6, 6.07) is 41.3. The van der Waals surface area contributed by atoms with Crippen molar-refractivity contribution in [1.82, 2.24) is 0 Å². The molecule has 29 heavy (non-hydrogen) atoms. The molecule has 0 aliphatic heterocycles. The zero-order chi connectivity index (χ0) is 19.8. The Morgan fingerprint density at radius 1 is 0.517 bits per heavy atom. The predicted molar refractivity (Wildman–Crippen MR) is 127 cm³/mol. The third-order valence-corrected chi connectivity index (χ3v) is 12.7. The van der Waals surface area contributed by atoms with E-state index in [-0.39, 0.29) is 0 Å². The Morgan fingerprint density at radius 3 is 1.38 bits per heavy atom. The Hall–Kier alpha value is -2.86.